The number of carbonyl (C=O) groups is 1. The van der Waals surface area contributed by atoms with Crippen LogP contribution < -0.4 is 5.73 Å². The van der Waals surface area contributed by atoms with Crippen LogP contribution >= 0.6 is 0 Å². The molecule has 0 aromatic heterocycles. The molecule has 1 amide bonds. The maximum atomic E-state index is 12.3. The lowest BCUT2D eigenvalue weighted by atomic mass is 9.90. The summed E-state index contributed by atoms with van der Waals surface area (Å²) < 4.78 is 0. The minimum atomic E-state index is 0.389. The molecular weight excluding hydrogens is 224 g/mol. The molecule has 0 spiro atoms. The summed E-state index contributed by atoms with van der Waals surface area (Å²) in [6, 6.07) is 0.535. The molecule has 2 saturated carbocycles. The summed E-state index contributed by atoms with van der Waals surface area (Å²) in [5.41, 5.74) is 5.57. The van der Waals surface area contributed by atoms with E-state index in [-0.39, 0.29) is 0 Å². The molecular formula is C15H28N2O. The van der Waals surface area contributed by atoms with Crippen molar-refractivity contribution in [2.24, 2.45) is 11.7 Å². The van der Waals surface area contributed by atoms with Gasteiger partial charge in [0.2, 0.25) is 5.91 Å². The van der Waals surface area contributed by atoms with Gasteiger partial charge in [0.05, 0.1) is 0 Å². The van der Waals surface area contributed by atoms with Crippen LogP contribution in [0.1, 0.15) is 64.2 Å². The Kier molecular flexibility index (Phi) is 5.48. The fourth-order valence-electron chi connectivity index (χ4n) is 3.24. The van der Waals surface area contributed by atoms with E-state index in [1.807, 2.05) is 0 Å². The summed E-state index contributed by atoms with van der Waals surface area (Å²) in [7, 11) is 0. The number of nitrogens with two attached hydrogens (primary N) is 1. The zero-order chi connectivity index (χ0) is 12.8. The second-order valence-corrected chi connectivity index (χ2v) is 6.00. The summed E-state index contributed by atoms with van der Waals surface area (Å²) >= 11 is 0. The molecule has 104 valence electrons. The van der Waals surface area contributed by atoms with E-state index in [1.165, 1.54) is 44.9 Å². The van der Waals surface area contributed by atoms with Crippen molar-refractivity contribution in [2.45, 2.75) is 70.3 Å². The van der Waals surface area contributed by atoms with Crippen molar-refractivity contribution in [3.63, 3.8) is 0 Å². The predicted molar refractivity (Wildman–Crippen MR) is 74.2 cm³/mol. The van der Waals surface area contributed by atoms with Crippen LogP contribution in [0.2, 0.25) is 0 Å². The van der Waals surface area contributed by atoms with E-state index in [1.54, 1.807) is 0 Å². The number of amides is 1. The lowest BCUT2D eigenvalue weighted by Gasteiger charge is -2.38. The summed E-state index contributed by atoms with van der Waals surface area (Å²) in [4.78, 5) is 14.5. The highest BCUT2D eigenvalue weighted by molar-refractivity contribution is 5.76. The van der Waals surface area contributed by atoms with E-state index < -0.39 is 0 Å². The first-order valence-electron chi connectivity index (χ1n) is 7.81. The molecule has 0 atom stereocenters. The molecule has 2 aliphatic carbocycles. The number of carbonyl (C=O) groups excluding carboxylic acids is 1. The summed E-state index contributed by atoms with van der Waals surface area (Å²) in [5, 5.41) is 0. The first-order chi connectivity index (χ1) is 8.81. The maximum absolute atomic E-state index is 12.3. The van der Waals surface area contributed by atoms with Crippen molar-refractivity contribution in [3.8, 4) is 0 Å². The highest BCUT2D eigenvalue weighted by Gasteiger charge is 2.28. The third-order valence-electron chi connectivity index (χ3n) is 4.68. The van der Waals surface area contributed by atoms with Gasteiger partial charge in [0, 0.05) is 19.0 Å². The lowest BCUT2D eigenvalue weighted by molar-refractivity contribution is -0.135. The van der Waals surface area contributed by atoms with E-state index in [9.17, 15) is 4.79 Å². The van der Waals surface area contributed by atoms with Crippen LogP contribution in [-0.4, -0.2) is 29.9 Å². The Morgan fingerprint density at radius 2 is 1.83 bits per heavy atom. The van der Waals surface area contributed by atoms with Crippen LogP contribution in [0, 0.1) is 5.92 Å². The van der Waals surface area contributed by atoms with E-state index >= 15 is 0 Å². The van der Waals surface area contributed by atoms with Gasteiger partial charge < -0.3 is 10.6 Å². The van der Waals surface area contributed by atoms with Gasteiger partial charge in [-0.3, -0.25) is 4.79 Å². The maximum Gasteiger partial charge on any atom is 0.222 e. The van der Waals surface area contributed by atoms with Gasteiger partial charge in [0.15, 0.2) is 0 Å². The van der Waals surface area contributed by atoms with Crippen molar-refractivity contribution in [2.75, 3.05) is 13.1 Å². The SMILES string of the molecule is NCCCN(C(=O)CCC1CCCC1)C1CCC1. The Morgan fingerprint density at radius 1 is 1.11 bits per heavy atom. The third kappa shape index (κ3) is 3.71. The van der Waals surface area contributed by atoms with Crippen LogP contribution in [0.5, 0.6) is 0 Å². The summed E-state index contributed by atoms with van der Waals surface area (Å²) in [6.07, 6.45) is 12.0. The zero-order valence-corrected chi connectivity index (χ0v) is 11.6. The Labute approximate surface area is 111 Å². The van der Waals surface area contributed by atoms with Gasteiger partial charge in [-0.05, 0) is 44.6 Å². The number of hydrogen-bond donors (Lipinski definition) is 1. The van der Waals surface area contributed by atoms with Crippen molar-refractivity contribution in [1.29, 1.82) is 0 Å². The van der Waals surface area contributed by atoms with Crippen LogP contribution in [0.25, 0.3) is 0 Å². The summed E-state index contributed by atoms with van der Waals surface area (Å²) in [5.74, 6) is 1.21. The molecule has 3 heteroatoms. The van der Waals surface area contributed by atoms with E-state index in [2.05, 4.69) is 4.90 Å². The van der Waals surface area contributed by atoms with Crippen LogP contribution in [0.3, 0.4) is 0 Å². The fourth-order valence-corrected chi connectivity index (χ4v) is 3.24. The topological polar surface area (TPSA) is 46.3 Å². The molecule has 18 heavy (non-hydrogen) atoms. The highest BCUT2D eigenvalue weighted by Crippen LogP contribution is 2.30. The Hall–Kier alpha value is -0.570. The largest absolute Gasteiger partial charge is 0.340 e. The van der Waals surface area contributed by atoms with Crippen molar-refractivity contribution >= 4 is 5.91 Å². The van der Waals surface area contributed by atoms with Crippen molar-refractivity contribution in [3.05, 3.63) is 0 Å². The normalized spacial score (nSPS) is 20.9. The van der Waals surface area contributed by atoms with Crippen LogP contribution in [-0.2, 0) is 4.79 Å². The quantitative estimate of drug-likeness (QED) is 0.757. The fraction of sp³-hybridized carbons (Fsp3) is 0.933. The molecule has 0 unspecified atom stereocenters. The van der Waals surface area contributed by atoms with E-state index in [4.69, 9.17) is 5.73 Å². The molecule has 2 rings (SSSR count). The van der Waals surface area contributed by atoms with Gasteiger partial charge >= 0.3 is 0 Å². The molecule has 2 N–H and O–H groups in total. The van der Waals surface area contributed by atoms with Gasteiger partial charge in [0.25, 0.3) is 0 Å². The molecule has 3 nitrogen and oxygen atoms in total. The van der Waals surface area contributed by atoms with Crippen LogP contribution in [0.4, 0.5) is 0 Å². The van der Waals surface area contributed by atoms with Gasteiger partial charge in [-0.1, -0.05) is 25.7 Å². The molecule has 2 fully saturated rings. The monoisotopic (exact) mass is 252 g/mol. The minimum absolute atomic E-state index is 0.389. The Bertz CT molecular complexity index is 257. The second-order valence-electron chi connectivity index (χ2n) is 6.00. The smallest absolute Gasteiger partial charge is 0.222 e. The second kappa shape index (κ2) is 7.13. The molecule has 2 aliphatic rings. The van der Waals surface area contributed by atoms with Gasteiger partial charge in [-0.25, -0.2) is 0 Å². The number of rotatable bonds is 7. The molecule has 0 aromatic rings. The first kappa shape index (κ1) is 13.9. The molecule has 0 aromatic carbocycles. The Balaban J connectivity index is 1.74. The van der Waals surface area contributed by atoms with E-state index in [0.717, 1.165) is 31.7 Å². The first-order valence-corrected chi connectivity index (χ1v) is 7.81. The van der Waals surface area contributed by atoms with Crippen molar-refractivity contribution < 1.29 is 4.79 Å². The zero-order valence-electron chi connectivity index (χ0n) is 11.6. The van der Waals surface area contributed by atoms with Gasteiger partial charge in [-0.2, -0.15) is 0 Å². The molecule has 0 heterocycles. The molecule has 0 radical (unpaired) electrons. The van der Waals surface area contributed by atoms with Gasteiger partial charge in [-0.15, -0.1) is 0 Å². The number of hydrogen-bond acceptors (Lipinski definition) is 2. The van der Waals surface area contributed by atoms with E-state index in [0.29, 0.717) is 18.5 Å². The third-order valence-corrected chi connectivity index (χ3v) is 4.68. The molecule has 0 bridgehead atoms. The lowest BCUT2D eigenvalue weighted by Crippen LogP contribution is -2.45. The van der Waals surface area contributed by atoms with Crippen molar-refractivity contribution in [1.82, 2.24) is 4.90 Å². The Morgan fingerprint density at radius 3 is 2.39 bits per heavy atom. The number of nitrogens with zero attached hydrogens (tertiary/aromatic N) is 1. The average molecular weight is 252 g/mol. The standard InChI is InChI=1S/C15H28N2O/c16-11-4-12-17(14-7-3-8-14)15(18)10-9-13-5-1-2-6-13/h13-14H,1-12,16H2. The molecule has 0 aliphatic heterocycles. The minimum Gasteiger partial charge on any atom is -0.340 e. The molecule has 0 saturated heterocycles. The van der Waals surface area contributed by atoms with Gasteiger partial charge in [0.1, 0.15) is 0 Å². The summed E-state index contributed by atoms with van der Waals surface area (Å²) in [6.45, 7) is 1.57. The van der Waals surface area contributed by atoms with Crippen LogP contribution in [0.15, 0.2) is 0 Å². The highest BCUT2D eigenvalue weighted by atomic mass is 16.2. The predicted octanol–water partition coefficient (Wildman–Crippen LogP) is 2.69. The average Bonchev–Trinajstić information content (AvgIpc) is 2.81.